The summed E-state index contributed by atoms with van der Waals surface area (Å²) < 4.78 is 4.57. The summed E-state index contributed by atoms with van der Waals surface area (Å²) in [7, 11) is 1.37. The van der Waals surface area contributed by atoms with Gasteiger partial charge in [0.1, 0.15) is 0 Å². The first-order valence-electron chi connectivity index (χ1n) is 7.04. The van der Waals surface area contributed by atoms with Crippen molar-refractivity contribution >= 4 is 11.9 Å². The molecule has 0 spiro atoms. The number of hydrogen-bond acceptors (Lipinski definition) is 4. The largest absolute Gasteiger partial charge is 0.469 e. The number of methoxy groups -OCH3 is 1. The number of esters is 1. The van der Waals surface area contributed by atoms with Crippen molar-refractivity contribution in [2.75, 3.05) is 20.2 Å². The number of rotatable bonds is 5. The van der Waals surface area contributed by atoms with Gasteiger partial charge in [-0.1, -0.05) is 0 Å². The summed E-state index contributed by atoms with van der Waals surface area (Å²) in [6.45, 7) is 1.56. The molecule has 1 aromatic rings. The number of aromatic nitrogens is 2. The maximum Gasteiger partial charge on any atom is 0.305 e. The SMILES string of the molecule is COC(=O)CCCC(=O)N1CCCC(c2cn[nH]c2)C1. The maximum atomic E-state index is 12.1. The van der Waals surface area contributed by atoms with Gasteiger partial charge in [0.15, 0.2) is 0 Å². The van der Waals surface area contributed by atoms with Crippen LogP contribution in [0.4, 0.5) is 0 Å². The molecule has 6 nitrogen and oxygen atoms in total. The number of nitrogens with one attached hydrogen (secondary N) is 1. The van der Waals surface area contributed by atoms with Crippen LogP contribution >= 0.6 is 0 Å². The summed E-state index contributed by atoms with van der Waals surface area (Å²) >= 11 is 0. The summed E-state index contributed by atoms with van der Waals surface area (Å²) in [4.78, 5) is 25.1. The van der Waals surface area contributed by atoms with Crippen LogP contribution in [-0.2, 0) is 14.3 Å². The van der Waals surface area contributed by atoms with Crippen molar-refractivity contribution in [1.82, 2.24) is 15.1 Å². The van der Waals surface area contributed by atoms with E-state index in [2.05, 4.69) is 14.9 Å². The Labute approximate surface area is 118 Å². The first kappa shape index (κ1) is 14.6. The minimum atomic E-state index is -0.257. The summed E-state index contributed by atoms with van der Waals surface area (Å²) in [6, 6.07) is 0. The molecule has 1 fully saturated rings. The molecule has 6 heteroatoms. The average Bonchev–Trinajstić information content (AvgIpc) is 3.01. The molecule has 2 heterocycles. The fraction of sp³-hybridized carbons (Fsp3) is 0.643. The van der Waals surface area contributed by atoms with Crippen LogP contribution < -0.4 is 0 Å². The third-order valence-corrected chi connectivity index (χ3v) is 3.76. The smallest absolute Gasteiger partial charge is 0.305 e. The van der Waals surface area contributed by atoms with Crippen LogP contribution in [0.15, 0.2) is 12.4 Å². The highest BCUT2D eigenvalue weighted by molar-refractivity contribution is 5.77. The van der Waals surface area contributed by atoms with Gasteiger partial charge in [-0.3, -0.25) is 14.7 Å². The molecule has 2 rings (SSSR count). The maximum absolute atomic E-state index is 12.1. The molecule has 0 saturated carbocycles. The summed E-state index contributed by atoms with van der Waals surface area (Å²) in [5.41, 5.74) is 1.16. The van der Waals surface area contributed by atoms with Crippen molar-refractivity contribution in [3.63, 3.8) is 0 Å². The van der Waals surface area contributed by atoms with Crippen molar-refractivity contribution in [1.29, 1.82) is 0 Å². The lowest BCUT2D eigenvalue weighted by Crippen LogP contribution is -2.38. The van der Waals surface area contributed by atoms with Gasteiger partial charge in [0.25, 0.3) is 0 Å². The molecule has 20 heavy (non-hydrogen) atoms. The molecule has 0 aromatic carbocycles. The van der Waals surface area contributed by atoms with Gasteiger partial charge in [0, 0.05) is 38.0 Å². The van der Waals surface area contributed by atoms with Gasteiger partial charge in [0.05, 0.1) is 13.3 Å². The van der Waals surface area contributed by atoms with E-state index >= 15 is 0 Å². The van der Waals surface area contributed by atoms with Crippen LogP contribution in [0.1, 0.15) is 43.6 Å². The van der Waals surface area contributed by atoms with Gasteiger partial charge in [-0.15, -0.1) is 0 Å². The highest BCUT2D eigenvalue weighted by Gasteiger charge is 2.24. The fourth-order valence-electron chi connectivity index (χ4n) is 2.60. The number of carbonyl (C=O) groups excluding carboxylic acids is 2. The van der Waals surface area contributed by atoms with E-state index < -0.39 is 0 Å². The Morgan fingerprint density at radius 2 is 2.35 bits per heavy atom. The lowest BCUT2D eigenvalue weighted by Gasteiger charge is -2.32. The van der Waals surface area contributed by atoms with E-state index in [0.717, 1.165) is 31.5 Å². The van der Waals surface area contributed by atoms with E-state index in [-0.39, 0.29) is 11.9 Å². The highest BCUT2D eigenvalue weighted by atomic mass is 16.5. The molecule has 1 aromatic heterocycles. The number of nitrogens with zero attached hydrogens (tertiary/aromatic N) is 2. The van der Waals surface area contributed by atoms with Crippen molar-refractivity contribution in [3.8, 4) is 0 Å². The predicted octanol–water partition coefficient (Wildman–Crippen LogP) is 1.46. The van der Waals surface area contributed by atoms with Crippen molar-refractivity contribution < 1.29 is 14.3 Å². The van der Waals surface area contributed by atoms with E-state index in [0.29, 0.717) is 25.2 Å². The van der Waals surface area contributed by atoms with E-state index in [9.17, 15) is 9.59 Å². The number of hydrogen-bond donors (Lipinski definition) is 1. The quantitative estimate of drug-likeness (QED) is 0.828. The van der Waals surface area contributed by atoms with Crippen LogP contribution in [0.25, 0.3) is 0 Å². The average molecular weight is 279 g/mol. The van der Waals surface area contributed by atoms with Gasteiger partial charge in [-0.05, 0) is 24.8 Å². The minimum Gasteiger partial charge on any atom is -0.469 e. The Balaban J connectivity index is 1.79. The molecule has 1 N–H and O–H groups in total. The molecule has 0 radical (unpaired) electrons. The van der Waals surface area contributed by atoms with Crippen molar-refractivity contribution in [2.45, 2.75) is 38.0 Å². The van der Waals surface area contributed by atoms with Crippen molar-refractivity contribution in [3.05, 3.63) is 18.0 Å². The Hall–Kier alpha value is -1.85. The Bertz CT molecular complexity index is 445. The molecule has 0 aliphatic carbocycles. The van der Waals surface area contributed by atoms with Crippen LogP contribution in [0.2, 0.25) is 0 Å². The number of carbonyl (C=O) groups is 2. The predicted molar refractivity (Wildman–Crippen MR) is 73.0 cm³/mol. The normalized spacial score (nSPS) is 18.9. The topological polar surface area (TPSA) is 75.3 Å². The Morgan fingerprint density at radius 1 is 1.50 bits per heavy atom. The third-order valence-electron chi connectivity index (χ3n) is 3.76. The number of aromatic amines is 1. The molecule has 0 bridgehead atoms. The monoisotopic (exact) mass is 279 g/mol. The van der Waals surface area contributed by atoms with E-state index in [1.807, 2.05) is 17.3 Å². The second kappa shape index (κ2) is 7.07. The molecule has 1 unspecified atom stereocenters. The van der Waals surface area contributed by atoms with E-state index in [1.165, 1.54) is 7.11 Å². The van der Waals surface area contributed by atoms with E-state index in [1.54, 1.807) is 0 Å². The Kier molecular flexibility index (Phi) is 5.15. The second-order valence-corrected chi connectivity index (χ2v) is 5.14. The first-order chi connectivity index (χ1) is 9.70. The molecule has 1 atom stereocenters. The molecule has 1 amide bonds. The summed E-state index contributed by atoms with van der Waals surface area (Å²) in [5.74, 6) is 0.238. The van der Waals surface area contributed by atoms with E-state index in [4.69, 9.17) is 0 Å². The van der Waals surface area contributed by atoms with Gasteiger partial charge in [-0.2, -0.15) is 5.10 Å². The van der Waals surface area contributed by atoms with Crippen molar-refractivity contribution in [2.24, 2.45) is 0 Å². The van der Waals surface area contributed by atoms with Gasteiger partial charge in [0.2, 0.25) is 5.91 Å². The van der Waals surface area contributed by atoms with Gasteiger partial charge in [-0.25, -0.2) is 0 Å². The zero-order valence-electron chi connectivity index (χ0n) is 11.8. The fourth-order valence-corrected chi connectivity index (χ4v) is 2.60. The molecule has 1 aliphatic heterocycles. The number of amides is 1. The Morgan fingerprint density at radius 3 is 3.05 bits per heavy atom. The van der Waals surface area contributed by atoms with Gasteiger partial charge < -0.3 is 9.64 Å². The zero-order chi connectivity index (χ0) is 14.4. The first-order valence-corrected chi connectivity index (χ1v) is 7.04. The lowest BCUT2D eigenvalue weighted by molar-refractivity contribution is -0.141. The van der Waals surface area contributed by atoms with Crippen LogP contribution in [0, 0.1) is 0 Å². The zero-order valence-corrected chi connectivity index (χ0v) is 11.8. The number of H-pyrrole nitrogens is 1. The summed E-state index contributed by atoms with van der Waals surface area (Å²) in [6.07, 6.45) is 7.10. The number of piperidine rings is 1. The molecule has 1 aliphatic rings. The second-order valence-electron chi connectivity index (χ2n) is 5.14. The van der Waals surface area contributed by atoms with Crippen LogP contribution in [-0.4, -0.2) is 47.2 Å². The molecular weight excluding hydrogens is 258 g/mol. The molecule has 110 valence electrons. The van der Waals surface area contributed by atoms with Crippen LogP contribution in [0.3, 0.4) is 0 Å². The minimum absolute atomic E-state index is 0.127. The van der Waals surface area contributed by atoms with Gasteiger partial charge >= 0.3 is 5.97 Å². The van der Waals surface area contributed by atoms with Crippen LogP contribution in [0.5, 0.6) is 0 Å². The summed E-state index contributed by atoms with van der Waals surface area (Å²) in [5, 5.41) is 6.79. The third kappa shape index (κ3) is 3.82. The molecule has 1 saturated heterocycles. The highest BCUT2D eigenvalue weighted by Crippen LogP contribution is 2.26. The lowest BCUT2D eigenvalue weighted by atomic mass is 9.92. The standard InChI is InChI=1S/C14H21N3O3/c1-20-14(19)6-2-5-13(18)17-7-3-4-11(10-17)12-8-15-16-9-12/h8-9,11H,2-7,10H2,1H3,(H,15,16). The molecular formula is C14H21N3O3. The number of ether oxygens (including phenoxy) is 1. The number of likely N-dealkylation sites (tertiary alicyclic amines) is 1.